The second-order valence-electron chi connectivity index (χ2n) is 7.20. The van der Waals surface area contributed by atoms with E-state index < -0.39 is 0 Å². The van der Waals surface area contributed by atoms with Crippen LogP contribution < -0.4 is 10.6 Å². The molecule has 3 heterocycles. The number of pyridine rings is 1. The number of carbonyl (C=O) groups is 1. The van der Waals surface area contributed by atoms with E-state index in [4.69, 9.17) is 0 Å². The number of amides is 1. The summed E-state index contributed by atoms with van der Waals surface area (Å²) in [5, 5.41) is 10.8. The van der Waals surface area contributed by atoms with Crippen LogP contribution in [0.3, 0.4) is 0 Å². The summed E-state index contributed by atoms with van der Waals surface area (Å²) in [6.07, 6.45) is 3.42. The van der Waals surface area contributed by atoms with Gasteiger partial charge in [0.1, 0.15) is 5.82 Å². The number of hydrogen-bond acceptors (Lipinski definition) is 6. The van der Waals surface area contributed by atoms with Gasteiger partial charge >= 0.3 is 0 Å². The van der Waals surface area contributed by atoms with Crippen molar-refractivity contribution in [3.05, 3.63) is 96.4 Å². The average molecular weight is 421 g/mol. The number of nitrogens with one attached hydrogen (secondary N) is 2. The number of carbonyl (C=O) groups excluding carboxylic acids is 1. The van der Waals surface area contributed by atoms with Crippen LogP contribution in [0.5, 0.6) is 0 Å². The van der Waals surface area contributed by atoms with Crippen molar-refractivity contribution < 1.29 is 4.79 Å². The van der Waals surface area contributed by atoms with E-state index in [0.29, 0.717) is 23.0 Å². The zero-order valence-electron chi connectivity index (χ0n) is 17.2. The van der Waals surface area contributed by atoms with Gasteiger partial charge in [0.05, 0.1) is 0 Å². The molecule has 5 rings (SSSR count). The van der Waals surface area contributed by atoms with Crippen LogP contribution in [0.1, 0.15) is 16.1 Å². The quantitative estimate of drug-likeness (QED) is 0.434. The molecule has 5 aromatic rings. The average Bonchev–Trinajstić information content (AvgIpc) is 3.25. The zero-order chi connectivity index (χ0) is 21.9. The fourth-order valence-corrected chi connectivity index (χ4v) is 3.30. The lowest BCUT2D eigenvalue weighted by Crippen LogP contribution is -2.12. The van der Waals surface area contributed by atoms with E-state index >= 15 is 0 Å². The van der Waals surface area contributed by atoms with Crippen molar-refractivity contribution >= 4 is 28.9 Å². The van der Waals surface area contributed by atoms with Crippen molar-refractivity contribution in [3.8, 4) is 11.4 Å². The number of para-hydroxylation sites is 1. The molecular formula is C24H19N7O. The number of anilines is 3. The SMILES string of the molecule is Cc1cc(Nc2cccc(C(=O)Nc3ccccc3)c2)n2nc(-c3cccnc3)nc2n1. The van der Waals surface area contributed by atoms with Crippen LogP contribution in [0, 0.1) is 6.92 Å². The predicted octanol–water partition coefficient (Wildman–Crippen LogP) is 4.49. The van der Waals surface area contributed by atoms with E-state index in [1.54, 1.807) is 29.0 Å². The monoisotopic (exact) mass is 421 g/mol. The molecule has 0 aliphatic rings. The van der Waals surface area contributed by atoms with Crippen molar-refractivity contribution in [1.82, 2.24) is 24.6 Å². The van der Waals surface area contributed by atoms with Gasteiger partial charge in [-0.05, 0) is 49.4 Å². The molecule has 2 N–H and O–H groups in total. The molecule has 156 valence electrons. The second kappa shape index (κ2) is 8.27. The molecule has 0 radical (unpaired) electrons. The Morgan fingerprint density at radius 3 is 2.56 bits per heavy atom. The first-order valence-corrected chi connectivity index (χ1v) is 10.0. The Hall–Kier alpha value is -4.59. The van der Waals surface area contributed by atoms with Crippen molar-refractivity contribution in [3.63, 3.8) is 0 Å². The van der Waals surface area contributed by atoms with Crippen LogP contribution in [0.15, 0.2) is 85.2 Å². The minimum absolute atomic E-state index is 0.185. The molecular weight excluding hydrogens is 402 g/mol. The van der Waals surface area contributed by atoms with E-state index in [-0.39, 0.29) is 5.91 Å². The van der Waals surface area contributed by atoms with Gasteiger partial charge in [0.2, 0.25) is 0 Å². The molecule has 0 spiro atoms. The van der Waals surface area contributed by atoms with Crippen LogP contribution in [-0.4, -0.2) is 30.5 Å². The standard InChI is InChI=1S/C24H19N7O/c1-16-13-21(31-24(26-16)29-22(30-31)18-8-6-12-25-15-18)27-20-11-5-7-17(14-20)23(32)28-19-9-3-2-4-10-19/h2-15,27H,1H3,(H,28,32). The fourth-order valence-electron chi connectivity index (χ4n) is 3.30. The number of nitrogens with zero attached hydrogens (tertiary/aromatic N) is 5. The van der Waals surface area contributed by atoms with Gasteiger partial charge in [0, 0.05) is 46.7 Å². The van der Waals surface area contributed by atoms with Crippen LogP contribution in [-0.2, 0) is 0 Å². The van der Waals surface area contributed by atoms with Gasteiger partial charge in [-0.2, -0.15) is 9.50 Å². The van der Waals surface area contributed by atoms with Crippen LogP contribution in [0.2, 0.25) is 0 Å². The van der Waals surface area contributed by atoms with Crippen molar-refractivity contribution in [2.24, 2.45) is 0 Å². The summed E-state index contributed by atoms with van der Waals surface area (Å²) in [4.78, 5) is 25.8. The Labute approximate surface area is 184 Å². The zero-order valence-corrected chi connectivity index (χ0v) is 17.2. The topological polar surface area (TPSA) is 97.1 Å². The number of benzene rings is 2. The lowest BCUT2D eigenvalue weighted by atomic mass is 10.2. The van der Waals surface area contributed by atoms with Gasteiger partial charge in [-0.1, -0.05) is 24.3 Å². The maximum Gasteiger partial charge on any atom is 0.255 e. The molecule has 0 aliphatic carbocycles. The maximum atomic E-state index is 12.7. The second-order valence-corrected chi connectivity index (χ2v) is 7.20. The first kappa shape index (κ1) is 19.4. The summed E-state index contributed by atoms with van der Waals surface area (Å²) in [7, 11) is 0. The van der Waals surface area contributed by atoms with Crippen molar-refractivity contribution in [2.45, 2.75) is 6.92 Å². The lowest BCUT2D eigenvalue weighted by Gasteiger charge is -2.10. The largest absolute Gasteiger partial charge is 0.340 e. The van der Waals surface area contributed by atoms with Crippen LogP contribution >= 0.6 is 0 Å². The molecule has 1 amide bonds. The highest BCUT2D eigenvalue weighted by molar-refractivity contribution is 6.04. The van der Waals surface area contributed by atoms with Gasteiger partial charge < -0.3 is 10.6 Å². The molecule has 8 nitrogen and oxygen atoms in total. The third kappa shape index (κ3) is 4.01. The summed E-state index contributed by atoms with van der Waals surface area (Å²) in [6.45, 7) is 1.90. The summed E-state index contributed by atoms with van der Waals surface area (Å²) in [5.74, 6) is 1.52. The molecule has 0 bridgehead atoms. The van der Waals surface area contributed by atoms with Crippen molar-refractivity contribution in [1.29, 1.82) is 0 Å². The Balaban J connectivity index is 1.45. The molecule has 3 aromatic heterocycles. The molecule has 0 saturated heterocycles. The summed E-state index contributed by atoms with van der Waals surface area (Å²) in [5.41, 5.74) is 3.63. The number of hydrogen-bond donors (Lipinski definition) is 2. The molecule has 0 aliphatic heterocycles. The first-order valence-electron chi connectivity index (χ1n) is 10.0. The van der Waals surface area contributed by atoms with E-state index in [9.17, 15) is 4.79 Å². The smallest absolute Gasteiger partial charge is 0.255 e. The molecule has 0 atom stereocenters. The minimum atomic E-state index is -0.185. The van der Waals surface area contributed by atoms with Gasteiger partial charge in [-0.25, -0.2) is 4.98 Å². The van der Waals surface area contributed by atoms with Gasteiger partial charge in [-0.3, -0.25) is 9.78 Å². The predicted molar refractivity (Wildman–Crippen MR) is 123 cm³/mol. The minimum Gasteiger partial charge on any atom is -0.340 e. The van der Waals surface area contributed by atoms with E-state index in [2.05, 4.69) is 30.7 Å². The highest BCUT2D eigenvalue weighted by Gasteiger charge is 2.13. The van der Waals surface area contributed by atoms with E-state index in [0.717, 1.165) is 22.6 Å². The number of fused-ring (bicyclic) bond motifs is 1. The molecule has 2 aromatic carbocycles. The van der Waals surface area contributed by atoms with E-state index in [1.807, 2.05) is 67.6 Å². The molecule has 32 heavy (non-hydrogen) atoms. The lowest BCUT2D eigenvalue weighted by molar-refractivity contribution is 0.102. The van der Waals surface area contributed by atoms with Crippen LogP contribution in [0.4, 0.5) is 17.2 Å². The molecule has 0 saturated carbocycles. The Bertz CT molecular complexity index is 1400. The molecule has 8 heteroatoms. The van der Waals surface area contributed by atoms with Gasteiger partial charge in [0.15, 0.2) is 5.82 Å². The van der Waals surface area contributed by atoms with Crippen LogP contribution in [0.25, 0.3) is 17.2 Å². The van der Waals surface area contributed by atoms with Crippen molar-refractivity contribution in [2.75, 3.05) is 10.6 Å². The molecule has 0 fully saturated rings. The van der Waals surface area contributed by atoms with E-state index in [1.165, 1.54) is 0 Å². The summed E-state index contributed by atoms with van der Waals surface area (Å²) >= 11 is 0. The normalized spacial score (nSPS) is 10.8. The summed E-state index contributed by atoms with van der Waals surface area (Å²) in [6, 6.07) is 22.3. The third-order valence-corrected chi connectivity index (χ3v) is 4.79. The highest BCUT2D eigenvalue weighted by Crippen LogP contribution is 2.22. The van der Waals surface area contributed by atoms with Gasteiger partial charge in [0.25, 0.3) is 11.7 Å². The number of rotatable bonds is 5. The Morgan fingerprint density at radius 2 is 1.75 bits per heavy atom. The van der Waals surface area contributed by atoms with Gasteiger partial charge in [-0.15, -0.1) is 5.10 Å². The number of aryl methyl sites for hydroxylation is 1. The first-order chi connectivity index (χ1) is 15.7. The number of aromatic nitrogens is 5. The highest BCUT2D eigenvalue weighted by atomic mass is 16.1. The Morgan fingerprint density at radius 1 is 0.906 bits per heavy atom. The fraction of sp³-hybridized carbons (Fsp3) is 0.0417. The Kier molecular flexibility index (Phi) is 5.01. The maximum absolute atomic E-state index is 12.7. The third-order valence-electron chi connectivity index (χ3n) is 4.79. The molecule has 0 unspecified atom stereocenters. The summed E-state index contributed by atoms with van der Waals surface area (Å²) < 4.78 is 1.64.